The number of carbonyl (C=O) groups is 2. The van der Waals surface area contributed by atoms with E-state index in [2.05, 4.69) is 9.80 Å². The highest BCUT2D eigenvalue weighted by Gasteiger charge is 2.25. The van der Waals surface area contributed by atoms with Gasteiger partial charge in [0.1, 0.15) is 5.82 Å². The summed E-state index contributed by atoms with van der Waals surface area (Å²) < 4.78 is 13.2. The zero-order valence-corrected chi connectivity index (χ0v) is 14.2. The van der Waals surface area contributed by atoms with Crippen LogP contribution in [0, 0.1) is 5.82 Å². The van der Waals surface area contributed by atoms with Crippen molar-refractivity contribution in [1.82, 2.24) is 9.80 Å². The van der Waals surface area contributed by atoms with Crippen LogP contribution in [-0.4, -0.2) is 64.2 Å². The molecule has 1 aliphatic heterocycles. The average molecular weight is 352 g/mol. The lowest BCUT2D eigenvalue weighted by Gasteiger charge is -2.38. The molecule has 0 atom stereocenters. The van der Waals surface area contributed by atoms with Crippen LogP contribution in [0.4, 0.5) is 4.39 Å². The molecule has 2 fully saturated rings. The normalized spacial score (nSPS) is 19.2. The monoisotopic (exact) mass is 352 g/mol. The molecule has 0 spiro atoms. The second-order valence-corrected chi connectivity index (χ2v) is 6.49. The Hall–Kier alpha value is -1.99. The summed E-state index contributed by atoms with van der Waals surface area (Å²) in [6.07, 6.45) is 5.61. The third-order valence-electron chi connectivity index (χ3n) is 4.73. The average Bonchev–Trinajstić information content (AvgIpc) is 3.10. The molecule has 0 aromatic heterocycles. The molecule has 1 heterocycles. The number of benzene rings is 1. The third kappa shape index (κ3) is 6.43. The van der Waals surface area contributed by atoms with Gasteiger partial charge in [-0.25, -0.2) is 14.0 Å². The van der Waals surface area contributed by atoms with Crippen molar-refractivity contribution < 1.29 is 24.2 Å². The summed E-state index contributed by atoms with van der Waals surface area (Å²) in [5, 5.41) is 14.8. The Labute approximate surface area is 146 Å². The van der Waals surface area contributed by atoms with E-state index in [1.165, 1.54) is 44.8 Å². The van der Waals surface area contributed by atoms with Gasteiger partial charge >= 0.3 is 11.9 Å². The first-order chi connectivity index (χ1) is 12.0. The number of carboxylic acid groups (broad SMARTS) is 2. The van der Waals surface area contributed by atoms with Crippen molar-refractivity contribution in [2.75, 3.05) is 26.2 Å². The first-order valence-electron chi connectivity index (χ1n) is 8.63. The van der Waals surface area contributed by atoms with Gasteiger partial charge in [-0.3, -0.25) is 9.80 Å². The molecule has 2 N–H and O–H groups in total. The Kier molecular flexibility index (Phi) is 7.33. The number of halogens is 1. The fraction of sp³-hybridized carbons (Fsp3) is 0.556. The molecule has 2 aliphatic rings. The quantitative estimate of drug-likeness (QED) is 0.811. The number of rotatable bonds is 3. The van der Waals surface area contributed by atoms with Crippen molar-refractivity contribution in [3.63, 3.8) is 0 Å². The molecule has 1 saturated heterocycles. The van der Waals surface area contributed by atoms with E-state index in [9.17, 15) is 4.39 Å². The summed E-state index contributed by atoms with van der Waals surface area (Å²) >= 11 is 0. The molecular formula is C18H25FN2O4. The van der Waals surface area contributed by atoms with Crippen molar-refractivity contribution in [3.8, 4) is 0 Å². The van der Waals surface area contributed by atoms with Crippen LogP contribution in [0.2, 0.25) is 0 Å². The van der Waals surface area contributed by atoms with Crippen LogP contribution in [0.1, 0.15) is 31.2 Å². The van der Waals surface area contributed by atoms with Crippen molar-refractivity contribution >= 4 is 11.9 Å². The summed E-state index contributed by atoms with van der Waals surface area (Å²) in [5.74, 6) is -3.77. The van der Waals surface area contributed by atoms with Gasteiger partial charge in [0.2, 0.25) is 0 Å². The Bertz CT molecular complexity index is 570. The number of aliphatic carboxylic acids is 2. The smallest absolute Gasteiger partial charge is 0.414 e. The highest BCUT2D eigenvalue weighted by atomic mass is 19.1. The first-order valence-corrected chi connectivity index (χ1v) is 8.63. The lowest BCUT2D eigenvalue weighted by atomic mass is 10.1. The van der Waals surface area contributed by atoms with Gasteiger partial charge in [-0.2, -0.15) is 0 Å². The minimum absolute atomic E-state index is 0.123. The zero-order chi connectivity index (χ0) is 18.2. The van der Waals surface area contributed by atoms with E-state index in [1.807, 2.05) is 6.07 Å². The van der Waals surface area contributed by atoms with E-state index >= 15 is 0 Å². The van der Waals surface area contributed by atoms with Crippen molar-refractivity contribution in [2.45, 2.75) is 38.3 Å². The Balaban J connectivity index is 0.000000326. The van der Waals surface area contributed by atoms with Crippen LogP contribution < -0.4 is 0 Å². The van der Waals surface area contributed by atoms with Gasteiger partial charge in [0, 0.05) is 38.8 Å². The van der Waals surface area contributed by atoms with E-state index < -0.39 is 11.9 Å². The van der Waals surface area contributed by atoms with Crippen molar-refractivity contribution in [3.05, 3.63) is 35.6 Å². The van der Waals surface area contributed by atoms with Crippen LogP contribution in [0.3, 0.4) is 0 Å². The predicted molar refractivity (Wildman–Crippen MR) is 90.8 cm³/mol. The van der Waals surface area contributed by atoms with E-state index in [0.717, 1.165) is 31.2 Å². The fourth-order valence-electron chi connectivity index (χ4n) is 3.45. The topological polar surface area (TPSA) is 81.1 Å². The predicted octanol–water partition coefficient (Wildman–Crippen LogP) is 2.04. The fourth-order valence-corrected chi connectivity index (χ4v) is 3.45. The van der Waals surface area contributed by atoms with E-state index in [4.69, 9.17) is 19.8 Å². The second-order valence-electron chi connectivity index (χ2n) is 6.49. The molecule has 6 nitrogen and oxygen atoms in total. The highest BCUT2D eigenvalue weighted by molar-refractivity contribution is 6.27. The molecule has 0 unspecified atom stereocenters. The van der Waals surface area contributed by atoms with Gasteiger partial charge in [0.25, 0.3) is 0 Å². The number of hydrogen-bond donors (Lipinski definition) is 2. The van der Waals surface area contributed by atoms with Gasteiger partial charge in [0.15, 0.2) is 0 Å². The van der Waals surface area contributed by atoms with Crippen molar-refractivity contribution in [1.29, 1.82) is 0 Å². The molecule has 1 aromatic carbocycles. The van der Waals surface area contributed by atoms with Gasteiger partial charge in [-0.05, 0) is 30.5 Å². The number of nitrogens with zero attached hydrogens (tertiary/aromatic N) is 2. The standard InChI is InChI=1S/C16H23FN2.C2H2O4/c17-15-5-3-4-14(12-15)13-18-8-10-19(11-9-18)16-6-1-2-7-16;3-1(4)2(5)6/h3-5,12,16H,1-2,6-11,13H2;(H,3,4)(H,5,6). The van der Waals surface area contributed by atoms with Gasteiger partial charge in [0.05, 0.1) is 0 Å². The third-order valence-corrected chi connectivity index (χ3v) is 4.73. The summed E-state index contributed by atoms with van der Waals surface area (Å²) in [5.41, 5.74) is 1.09. The lowest BCUT2D eigenvalue weighted by molar-refractivity contribution is -0.159. The van der Waals surface area contributed by atoms with Crippen LogP contribution >= 0.6 is 0 Å². The largest absolute Gasteiger partial charge is 0.473 e. The molecule has 0 bridgehead atoms. The van der Waals surface area contributed by atoms with Gasteiger partial charge < -0.3 is 10.2 Å². The van der Waals surface area contributed by atoms with Crippen LogP contribution in [0.15, 0.2) is 24.3 Å². The molecule has 1 aliphatic carbocycles. The molecule has 1 saturated carbocycles. The first kappa shape index (κ1) is 19.3. The number of hydrogen-bond acceptors (Lipinski definition) is 4. The molecule has 1 aromatic rings. The Morgan fingerprint density at radius 2 is 1.64 bits per heavy atom. The van der Waals surface area contributed by atoms with E-state index in [1.54, 1.807) is 12.1 Å². The minimum atomic E-state index is -1.82. The maximum atomic E-state index is 13.2. The molecule has 3 rings (SSSR count). The van der Waals surface area contributed by atoms with E-state index in [0.29, 0.717) is 0 Å². The highest BCUT2D eigenvalue weighted by Crippen LogP contribution is 2.24. The maximum Gasteiger partial charge on any atom is 0.414 e. The Morgan fingerprint density at radius 3 is 2.16 bits per heavy atom. The van der Waals surface area contributed by atoms with Crippen LogP contribution in [0.25, 0.3) is 0 Å². The van der Waals surface area contributed by atoms with Crippen molar-refractivity contribution in [2.24, 2.45) is 0 Å². The van der Waals surface area contributed by atoms with Crippen LogP contribution in [-0.2, 0) is 16.1 Å². The molecule has 0 amide bonds. The molecule has 0 radical (unpaired) electrons. The van der Waals surface area contributed by atoms with Gasteiger partial charge in [-0.1, -0.05) is 25.0 Å². The minimum Gasteiger partial charge on any atom is -0.473 e. The molecule has 25 heavy (non-hydrogen) atoms. The maximum absolute atomic E-state index is 13.2. The summed E-state index contributed by atoms with van der Waals surface area (Å²) in [4.78, 5) is 23.3. The molecule has 138 valence electrons. The zero-order valence-electron chi connectivity index (χ0n) is 14.2. The van der Waals surface area contributed by atoms with Crippen LogP contribution in [0.5, 0.6) is 0 Å². The Morgan fingerprint density at radius 1 is 1.04 bits per heavy atom. The SMILES string of the molecule is Fc1cccc(CN2CCN(C3CCCC3)CC2)c1.O=C(O)C(=O)O. The summed E-state index contributed by atoms with van der Waals surface area (Å²) in [6.45, 7) is 5.48. The summed E-state index contributed by atoms with van der Waals surface area (Å²) in [6, 6.07) is 7.84. The second kappa shape index (κ2) is 9.48. The number of piperazine rings is 1. The lowest BCUT2D eigenvalue weighted by Crippen LogP contribution is -2.49. The van der Waals surface area contributed by atoms with E-state index in [-0.39, 0.29) is 5.82 Å². The van der Waals surface area contributed by atoms with Gasteiger partial charge in [-0.15, -0.1) is 0 Å². The number of carboxylic acids is 2. The summed E-state index contributed by atoms with van der Waals surface area (Å²) in [7, 11) is 0. The molecular weight excluding hydrogens is 327 g/mol. The molecule has 7 heteroatoms.